The van der Waals surface area contributed by atoms with Crippen molar-refractivity contribution in [3.8, 4) is 0 Å². The molecule has 4 aliphatic rings. The Morgan fingerprint density at radius 2 is 1.86 bits per heavy atom. The Morgan fingerprint density at radius 1 is 1.11 bits per heavy atom. The molecule has 0 aromatic heterocycles. The van der Waals surface area contributed by atoms with Gasteiger partial charge in [0.05, 0.1) is 18.6 Å². The molecule has 4 rings (SSSR count). The number of amides is 3. The molecule has 8 nitrogen and oxygen atoms in total. The Balaban J connectivity index is 1.47. The van der Waals surface area contributed by atoms with Gasteiger partial charge >= 0.3 is 0 Å². The van der Waals surface area contributed by atoms with Crippen molar-refractivity contribution < 1.29 is 19.1 Å². The molecular weight excluding hydrogens is 444 g/mol. The van der Waals surface area contributed by atoms with Crippen LogP contribution in [0.3, 0.4) is 0 Å². The van der Waals surface area contributed by atoms with Crippen molar-refractivity contribution in [1.29, 1.82) is 0 Å². The third-order valence-corrected chi connectivity index (χ3v) is 8.36. The van der Waals surface area contributed by atoms with Gasteiger partial charge in [-0.2, -0.15) is 0 Å². The number of nitrogens with one attached hydrogen (secondary N) is 2. The predicted molar refractivity (Wildman–Crippen MR) is 135 cm³/mol. The van der Waals surface area contributed by atoms with E-state index in [9.17, 15) is 14.4 Å². The molecule has 196 valence electrons. The summed E-state index contributed by atoms with van der Waals surface area (Å²) >= 11 is 0. The fourth-order valence-electron chi connectivity index (χ4n) is 6.02. The molecule has 0 aromatic rings. The summed E-state index contributed by atoms with van der Waals surface area (Å²) in [5.41, 5.74) is -0.541. The summed E-state index contributed by atoms with van der Waals surface area (Å²) in [4.78, 5) is 43.8. The van der Waals surface area contributed by atoms with Gasteiger partial charge in [-0.1, -0.05) is 26.0 Å². The second-order valence-electron chi connectivity index (χ2n) is 11.4. The Morgan fingerprint density at radius 3 is 2.57 bits per heavy atom. The smallest absolute Gasteiger partial charge is 0.242 e. The fraction of sp³-hybridized carbons (Fsp3) is 0.815. The van der Waals surface area contributed by atoms with Crippen LogP contribution in [-0.4, -0.2) is 85.5 Å². The molecule has 3 amide bonds. The third kappa shape index (κ3) is 6.64. The average molecular weight is 489 g/mol. The molecule has 3 fully saturated rings. The molecule has 0 aromatic carbocycles. The topological polar surface area (TPSA) is 91.0 Å². The second kappa shape index (κ2) is 11.9. The lowest BCUT2D eigenvalue weighted by atomic mass is 9.74. The van der Waals surface area contributed by atoms with Crippen LogP contribution in [0.4, 0.5) is 0 Å². The quantitative estimate of drug-likeness (QED) is 0.592. The van der Waals surface area contributed by atoms with Gasteiger partial charge in [0.15, 0.2) is 0 Å². The van der Waals surface area contributed by atoms with Crippen molar-refractivity contribution in [1.82, 2.24) is 20.4 Å². The van der Waals surface area contributed by atoms with Crippen LogP contribution in [0.2, 0.25) is 0 Å². The van der Waals surface area contributed by atoms with Gasteiger partial charge in [-0.3, -0.25) is 19.3 Å². The van der Waals surface area contributed by atoms with Crippen LogP contribution >= 0.6 is 0 Å². The van der Waals surface area contributed by atoms with E-state index in [0.717, 1.165) is 51.9 Å². The van der Waals surface area contributed by atoms with Crippen LogP contribution in [0.25, 0.3) is 0 Å². The van der Waals surface area contributed by atoms with Gasteiger partial charge in [0, 0.05) is 31.7 Å². The van der Waals surface area contributed by atoms with Crippen LogP contribution in [0.15, 0.2) is 12.2 Å². The lowest BCUT2D eigenvalue weighted by Gasteiger charge is -2.41. The summed E-state index contributed by atoms with van der Waals surface area (Å²) in [5.74, 6) is 0.668. The van der Waals surface area contributed by atoms with Crippen LogP contribution in [-0.2, 0) is 19.1 Å². The number of rotatable bonds is 4. The minimum atomic E-state index is -0.541. The van der Waals surface area contributed by atoms with Gasteiger partial charge in [-0.25, -0.2) is 0 Å². The van der Waals surface area contributed by atoms with Crippen molar-refractivity contribution in [3.63, 3.8) is 0 Å². The first-order valence-corrected chi connectivity index (χ1v) is 13.7. The number of piperidine rings is 1. The first kappa shape index (κ1) is 26.1. The van der Waals surface area contributed by atoms with Crippen molar-refractivity contribution in [2.24, 2.45) is 17.3 Å². The zero-order valence-electron chi connectivity index (χ0n) is 21.6. The molecule has 2 N–H and O–H groups in total. The van der Waals surface area contributed by atoms with E-state index in [1.807, 2.05) is 4.90 Å². The van der Waals surface area contributed by atoms with E-state index in [0.29, 0.717) is 51.4 Å². The summed E-state index contributed by atoms with van der Waals surface area (Å²) in [6, 6.07) is -0.446. The number of carbonyl (C=O) groups is 3. The van der Waals surface area contributed by atoms with E-state index < -0.39 is 11.5 Å². The molecule has 4 heterocycles. The molecule has 0 unspecified atom stereocenters. The standard InChI is InChI=1S/C27H44N4O4/c1-20(2)17-23-25(33)28-22-8-16-35-19-21(22)7-3-4-9-27(26(34)29-23)10-14-30(15-11-27)18-24(32)31-12-5-6-13-31/h3-4,20-23H,5-19H2,1-2H3,(H,28,33)(H,29,34)/t21-,22+,23-/m1/s1. The zero-order valence-corrected chi connectivity index (χ0v) is 21.6. The zero-order chi connectivity index (χ0) is 24.8. The first-order chi connectivity index (χ1) is 16.9. The molecule has 0 bridgehead atoms. The largest absolute Gasteiger partial charge is 0.381 e. The molecule has 0 radical (unpaired) electrons. The molecule has 0 saturated carbocycles. The summed E-state index contributed by atoms with van der Waals surface area (Å²) < 4.78 is 5.71. The van der Waals surface area contributed by atoms with Gasteiger partial charge in [0.2, 0.25) is 17.7 Å². The van der Waals surface area contributed by atoms with E-state index in [-0.39, 0.29) is 29.7 Å². The van der Waals surface area contributed by atoms with E-state index in [1.54, 1.807) is 0 Å². The van der Waals surface area contributed by atoms with E-state index >= 15 is 0 Å². The molecule has 3 atom stereocenters. The SMILES string of the molecule is CC(C)C[C@H]1NC(=O)C2(CC=CC[C@@H]3COCC[C@@H]3NC1=O)CCN(CC(=O)N1CCCC1)CC2. The average Bonchev–Trinajstić information content (AvgIpc) is 3.38. The number of ether oxygens (including phenoxy) is 1. The number of allylic oxidation sites excluding steroid dienone is 2. The van der Waals surface area contributed by atoms with Crippen molar-refractivity contribution in [2.45, 2.75) is 77.3 Å². The van der Waals surface area contributed by atoms with Gasteiger partial charge in [0.25, 0.3) is 0 Å². The van der Waals surface area contributed by atoms with Crippen LogP contribution in [0, 0.1) is 17.3 Å². The maximum absolute atomic E-state index is 13.7. The summed E-state index contributed by atoms with van der Waals surface area (Å²) in [5, 5.41) is 6.40. The number of nitrogens with zero attached hydrogens (tertiary/aromatic N) is 2. The molecule has 4 aliphatic heterocycles. The molecule has 0 aliphatic carbocycles. The van der Waals surface area contributed by atoms with E-state index in [1.165, 1.54) is 0 Å². The van der Waals surface area contributed by atoms with Crippen molar-refractivity contribution in [2.75, 3.05) is 45.9 Å². The maximum Gasteiger partial charge on any atom is 0.242 e. The summed E-state index contributed by atoms with van der Waals surface area (Å²) in [6.45, 7) is 9.11. The first-order valence-electron chi connectivity index (χ1n) is 13.7. The van der Waals surface area contributed by atoms with E-state index in [2.05, 4.69) is 41.5 Å². The highest BCUT2D eigenvalue weighted by Gasteiger charge is 2.43. The van der Waals surface area contributed by atoms with Gasteiger partial charge in [0.1, 0.15) is 6.04 Å². The Kier molecular flexibility index (Phi) is 8.87. The lowest BCUT2D eigenvalue weighted by molar-refractivity contribution is -0.139. The van der Waals surface area contributed by atoms with Gasteiger partial charge in [-0.15, -0.1) is 0 Å². The molecule has 1 spiro atoms. The number of fused-ring (bicyclic) bond motifs is 1. The second-order valence-corrected chi connectivity index (χ2v) is 11.4. The number of likely N-dealkylation sites (tertiary alicyclic amines) is 2. The van der Waals surface area contributed by atoms with Gasteiger partial charge < -0.3 is 20.3 Å². The monoisotopic (exact) mass is 488 g/mol. The summed E-state index contributed by atoms with van der Waals surface area (Å²) in [7, 11) is 0. The number of hydrogen-bond acceptors (Lipinski definition) is 5. The fourth-order valence-corrected chi connectivity index (χ4v) is 6.02. The lowest BCUT2D eigenvalue weighted by Crippen LogP contribution is -2.57. The highest BCUT2D eigenvalue weighted by molar-refractivity contribution is 5.90. The summed E-state index contributed by atoms with van der Waals surface area (Å²) in [6.07, 6.45) is 10.9. The number of carbonyl (C=O) groups excluding carboxylic acids is 3. The Bertz CT molecular complexity index is 784. The highest BCUT2D eigenvalue weighted by Crippen LogP contribution is 2.37. The van der Waals surface area contributed by atoms with Gasteiger partial charge in [-0.05, 0) is 70.4 Å². The predicted octanol–water partition coefficient (Wildman–Crippen LogP) is 2.09. The number of hydrogen-bond donors (Lipinski definition) is 2. The van der Waals surface area contributed by atoms with E-state index in [4.69, 9.17) is 4.74 Å². The van der Waals surface area contributed by atoms with Crippen LogP contribution in [0.5, 0.6) is 0 Å². The highest BCUT2D eigenvalue weighted by atomic mass is 16.5. The molecule has 35 heavy (non-hydrogen) atoms. The molecule has 8 heteroatoms. The Labute approximate surface area is 210 Å². The third-order valence-electron chi connectivity index (χ3n) is 8.36. The maximum atomic E-state index is 13.7. The van der Waals surface area contributed by atoms with Crippen molar-refractivity contribution >= 4 is 17.7 Å². The molecular formula is C27H44N4O4. The normalized spacial score (nSPS) is 30.4. The van der Waals surface area contributed by atoms with Crippen molar-refractivity contribution in [3.05, 3.63) is 12.2 Å². The Hall–Kier alpha value is -1.93. The minimum absolute atomic E-state index is 0.0161. The van der Waals surface area contributed by atoms with Crippen LogP contribution < -0.4 is 10.6 Å². The minimum Gasteiger partial charge on any atom is -0.381 e. The van der Waals surface area contributed by atoms with Crippen LogP contribution in [0.1, 0.15) is 65.2 Å². The molecule has 3 saturated heterocycles.